The molecule has 0 aliphatic heterocycles. The zero-order chi connectivity index (χ0) is 17.8. The molecule has 1 atom stereocenters. The van der Waals surface area contributed by atoms with Crippen molar-refractivity contribution in [2.45, 2.75) is 39.0 Å². The van der Waals surface area contributed by atoms with E-state index in [4.69, 9.17) is 0 Å². The lowest BCUT2D eigenvalue weighted by atomic mass is 10.1. The van der Waals surface area contributed by atoms with E-state index in [0.717, 1.165) is 18.4 Å². The summed E-state index contributed by atoms with van der Waals surface area (Å²) in [6.45, 7) is 4.99. The second-order valence-electron chi connectivity index (χ2n) is 5.29. The monoisotopic (exact) mass is 353 g/mol. The van der Waals surface area contributed by atoms with Crippen LogP contribution in [-0.4, -0.2) is 35.8 Å². The third-order valence-corrected chi connectivity index (χ3v) is 3.58. The molecule has 1 aromatic heterocycles. The molecule has 0 fully saturated rings. The number of halogens is 3. The minimum absolute atomic E-state index is 0.157. The number of hydrogen-bond donors (Lipinski definition) is 2. The molecule has 1 rings (SSSR count). The lowest BCUT2D eigenvalue weighted by Gasteiger charge is -2.34. The summed E-state index contributed by atoms with van der Waals surface area (Å²) in [7, 11) is 0.812. The molecule has 130 valence electrons. The molecule has 10 heteroatoms. The third-order valence-electron chi connectivity index (χ3n) is 2.75. The number of carbonyl (C=O) groups is 2. The van der Waals surface area contributed by atoms with Gasteiger partial charge in [-0.15, -0.1) is 11.3 Å². The Labute approximate surface area is 135 Å². The zero-order valence-corrected chi connectivity index (χ0v) is 13.9. The number of carbonyl (C=O) groups excluding carboxylic acids is 2. The van der Waals surface area contributed by atoms with E-state index in [-0.39, 0.29) is 17.5 Å². The Morgan fingerprint density at radius 2 is 2.00 bits per heavy atom. The molecule has 0 saturated carbocycles. The second-order valence-corrected chi connectivity index (χ2v) is 6.52. The predicted octanol–water partition coefficient (Wildman–Crippen LogP) is 2.46. The number of thiazole rings is 1. The van der Waals surface area contributed by atoms with Crippen LogP contribution in [-0.2, 0) is 14.3 Å². The SMILES string of the molecule is COC(=O)C(NC(=O)CC(C)C)(Nc1ncc(C)s1)C(F)(F)F. The average molecular weight is 353 g/mol. The first kappa shape index (κ1) is 19.2. The highest BCUT2D eigenvalue weighted by Crippen LogP contribution is 2.34. The fourth-order valence-corrected chi connectivity index (χ4v) is 2.47. The van der Waals surface area contributed by atoms with Gasteiger partial charge in [0.2, 0.25) is 5.91 Å². The van der Waals surface area contributed by atoms with Crippen LogP contribution in [0.15, 0.2) is 6.20 Å². The lowest BCUT2D eigenvalue weighted by molar-refractivity contribution is -0.206. The molecule has 1 aromatic rings. The van der Waals surface area contributed by atoms with Gasteiger partial charge in [0.15, 0.2) is 5.13 Å². The number of nitrogens with one attached hydrogen (secondary N) is 2. The van der Waals surface area contributed by atoms with Crippen molar-refractivity contribution >= 4 is 28.3 Å². The van der Waals surface area contributed by atoms with E-state index in [9.17, 15) is 22.8 Å². The minimum atomic E-state index is -5.13. The largest absolute Gasteiger partial charge is 0.466 e. The Bertz CT molecular complexity index is 574. The van der Waals surface area contributed by atoms with Crippen LogP contribution in [0.3, 0.4) is 0 Å². The molecule has 6 nitrogen and oxygen atoms in total. The van der Waals surface area contributed by atoms with E-state index in [1.54, 1.807) is 26.1 Å². The van der Waals surface area contributed by atoms with Crippen molar-refractivity contribution in [3.05, 3.63) is 11.1 Å². The van der Waals surface area contributed by atoms with Crippen LogP contribution in [0.2, 0.25) is 0 Å². The highest BCUT2D eigenvalue weighted by atomic mass is 32.1. The molecule has 0 bridgehead atoms. The van der Waals surface area contributed by atoms with Crippen LogP contribution >= 0.6 is 11.3 Å². The summed E-state index contributed by atoms with van der Waals surface area (Å²) in [5.41, 5.74) is -3.39. The molecule has 0 spiro atoms. The molecule has 2 N–H and O–H groups in total. The Hall–Kier alpha value is -1.84. The summed E-state index contributed by atoms with van der Waals surface area (Å²) >= 11 is 0.918. The van der Waals surface area contributed by atoms with Crippen molar-refractivity contribution in [3.8, 4) is 0 Å². The van der Waals surface area contributed by atoms with Gasteiger partial charge in [-0.25, -0.2) is 9.78 Å². The summed E-state index contributed by atoms with van der Waals surface area (Å²) in [6, 6.07) is 0. The molecule has 23 heavy (non-hydrogen) atoms. The van der Waals surface area contributed by atoms with Crippen molar-refractivity contribution < 1.29 is 27.5 Å². The number of aromatic nitrogens is 1. The van der Waals surface area contributed by atoms with Crippen molar-refractivity contribution in [3.63, 3.8) is 0 Å². The fraction of sp³-hybridized carbons (Fsp3) is 0.615. The van der Waals surface area contributed by atoms with E-state index in [1.165, 1.54) is 6.20 Å². The number of aryl methyl sites for hydroxylation is 1. The molecule has 0 saturated heterocycles. The Morgan fingerprint density at radius 1 is 1.39 bits per heavy atom. The van der Waals surface area contributed by atoms with E-state index in [2.05, 4.69) is 9.72 Å². The van der Waals surface area contributed by atoms with Gasteiger partial charge in [0.05, 0.1) is 7.11 Å². The first-order chi connectivity index (χ1) is 10.5. The van der Waals surface area contributed by atoms with Crippen LogP contribution in [0.5, 0.6) is 0 Å². The topological polar surface area (TPSA) is 80.3 Å². The van der Waals surface area contributed by atoms with Gasteiger partial charge in [-0.05, 0) is 12.8 Å². The van der Waals surface area contributed by atoms with E-state index < -0.39 is 23.7 Å². The number of rotatable bonds is 6. The van der Waals surface area contributed by atoms with E-state index in [1.807, 2.05) is 5.32 Å². The smallest absolute Gasteiger partial charge is 0.442 e. The number of anilines is 1. The van der Waals surface area contributed by atoms with Gasteiger partial charge in [-0.2, -0.15) is 13.2 Å². The predicted molar refractivity (Wildman–Crippen MR) is 78.9 cm³/mol. The second kappa shape index (κ2) is 7.16. The van der Waals surface area contributed by atoms with Crippen LogP contribution in [0.25, 0.3) is 0 Å². The number of amides is 1. The standard InChI is InChI=1S/C13H18F3N3O3S/c1-7(2)5-9(20)18-12(10(21)22-4,13(14,15)16)19-11-17-6-8(3)23-11/h6-7H,5H2,1-4H3,(H,17,19)(H,18,20). The third kappa shape index (κ3) is 4.57. The molecule has 1 heterocycles. The highest BCUT2D eigenvalue weighted by Gasteiger charge is 2.63. The molecule has 1 unspecified atom stereocenters. The van der Waals surface area contributed by atoms with Gasteiger partial charge in [-0.3, -0.25) is 4.79 Å². The van der Waals surface area contributed by atoms with Gasteiger partial charge in [0.1, 0.15) is 0 Å². The van der Waals surface area contributed by atoms with Gasteiger partial charge < -0.3 is 15.4 Å². The normalized spacial score (nSPS) is 14.3. The van der Waals surface area contributed by atoms with Crippen molar-refractivity contribution in [2.24, 2.45) is 5.92 Å². The summed E-state index contributed by atoms with van der Waals surface area (Å²) in [5.74, 6) is -2.78. The Kier molecular flexibility index (Phi) is 5.98. The average Bonchev–Trinajstić information content (AvgIpc) is 2.79. The van der Waals surface area contributed by atoms with Crippen LogP contribution in [0.1, 0.15) is 25.1 Å². The van der Waals surface area contributed by atoms with Gasteiger partial charge in [-0.1, -0.05) is 13.8 Å². The Balaban J connectivity index is 3.24. The first-order valence-corrected chi connectivity index (χ1v) is 7.50. The van der Waals surface area contributed by atoms with Crippen molar-refractivity contribution in [1.82, 2.24) is 10.3 Å². The van der Waals surface area contributed by atoms with Crippen LogP contribution in [0, 0.1) is 12.8 Å². The number of nitrogens with zero attached hydrogens (tertiary/aromatic N) is 1. The maximum absolute atomic E-state index is 13.6. The summed E-state index contributed by atoms with van der Waals surface area (Å²) in [5, 5.41) is 3.55. The maximum Gasteiger partial charge on any atom is 0.442 e. The summed E-state index contributed by atoms with van der Waals surface area (Å²) in [4.78, 5) is 28.1. The quantitative estimate of drug-likeness (QED) is 0.607. The van der Waals surface area contributed by atoms with Crippen molar-refractivity contribution in [2.75, 3.05) is 12.4 Å². The molecular weight excluding hydrogens is 335 g/mol. The van der Waals surface area contributed by atoms with Gasteiger partial charge in [0, 0.05) is 17.5 Å². The number of esters is 1. The first-order valence-electron chi connectivity index (χ1n) is 6.68. The Morgan fingerprint density at radius 3 is 2.39 bits per heavy atom. The van der Waals surface area contributed by atoms with Gasteiger partial charge in [0.25, 0.3) is 0 Å². The summed E-state index contributed by atoms with van der Waals surface area (Å²) < 4.78 is 45.1. The van der Waals surface area contributed by atoms with Crippen molar-refractivity contribution in [1.29, 1.82) is 0 Å². The number of methoxy groups -OCH3 is 1. The van der Waals surface area contributed by atoms with Crippen LogP contribution < -0.4 is 10.6 Å². The number of alkyl halides is 3. The summed E-state index contributed by atoms with van der Waals surface area (Å²) in [6.07, 6.45) is -3.96. The minimum Gasteiger partial charge on any atom is -0.466 e. The molecule has 0 aliphatic carbocycles. The maximum atomic E-state index is 13.6. The molecule has 0 aliphatic rings. The van der Waals surface area contributed by atoms with Gasteiger partial charge >= 0.3 is 17.8 Å². The zero-order valence-electron chi connectivity index (χ0n) is 13.1. The molecule has 1 amide bonds. The van der Waals surface area contributed by atoms with Crippen LogP contribution in [0.4, 0.5) is 18.3 Å². The number of hydrogen-bond acceptors (Lipinski definition) is 6. The van der Waals surface area contributed by atoms with E-state index >= 15 is 0 Å². The lowest BCUT2D eigenvalue weighted by Crippen LogP contribution is -2.69. The molecular formula is C13H18F3N3O3S. The number of ether oxygens (including phenoxy) is 1. The fourth-order valence-electron chi connectivity index (χ4n) is 1.75. The molecule has 0 aromatic carbocycles. The molecule has 0 radical (unpaired) electrons. The van der Waals surface area contributed by atoms with E-state index in [0.29, 0.717) is 4.88 Å². The highest BCUT2D eigenvalue weighted by molar-refractivity contribution is 7.15.